The first kappa shape index (κ1) is 28.6. The molecule has 2 fully saturated rings. The molecule has 0 heterocycles. The second kappa shape index (κ2) is 15.4. The lowest BCUT2D eigenvalue weighted by atomic mass is 9.66. The third-order valence-corrected chi connectivity index (χ3v) is 8.28. The first-order valence-electron chi connectivity index (χ1n) is 13.6. The SMILES string of the molecule is C=C(C)C(=O)OCCC(CCOC(=O)C(=C)CO)C1CCC(C2CCC(CCCC)CC2)CC1. The van der Waals surface area contributed by atoms with Gasteiger partial charge in [0.2, 0.25) is 0 Å². The van der Waals surface area contributed by atoms with E-state index in [9.17, 15) is 9.59 Å². The van der Waals surface area contributed by atoms with Crippen molar-refractivity contribution in [3.05, 3.63) is 24.3 Å². The van der Waals surface area contributed by atoms with Gasteiger partial charge in [-0.2, -0.15) is 0 Å². The summed E-state index contributed by atoms with van der Waals surface area (Å²) in [6, 6.07) is 0. The molecule has 0 spiro atoms. The third kappa shape index (κ3) is 9.56. The van der Waals surface area contributed by atoms with E-state index in [-0.39, 0.29) is 18.1 Å². The van der Waals surface area contributed by atoms with Gasteiger partial charge in [0.15, 0.2) is 0 Å². The van der Waals surface area contributed by atoms with E-state index in [1.54, 1.807) is 6.92 Å². The molecule has 2 aliphatic carbocycles. The predicted octanol–water partition coefficient (Wildman–Crippen LogP) is 6.40. The Morgan fingerprint density at radius 1 is 0.882 bits per heavy atom. The zero-order valence-corrected chi connectivity index (χ0v) is 21.7. The molecule has 2 rings (SSSR count). The molecule has 0 aromatic rings. The van der Waals surface area contributed by atoms with Gasteiger partial charge in [0, 0.05) is 5.57 Å². The van der Waals surface area contributed by atoms with Crippen LogP contribution in [0.25, 0.3) is 0 Å². The Balaban J connectivity index is 1.82. The Morgan fingerprint density at radius 2 is 1.41 bits per heavy atom. The molecular weight excluding hydrogens is 428 g/mol. The lowest BCUT2D eigenvalue weighted by Crippen LogP contribution is -2.29. The Hall–Kier alpha value is -1.62. The van der Waals surface area contributed by atoms with Crippen LogP contribution < -0.4 is 0 Å². The summed E-state index contributed by atoms with van der Waals surface area (Å²) in [5.74, 6) is 2.76. The van der Waals surface area contributed by atoms with E-state index in [0.29, 0.717) is 30.6 Å². The van der Waals surface area contributed by atoms with E-state index in [0.717, 1.165) is 30.6 Å². The number of hydrogen-bond donors (Lipinski definition) is 1. The van der Waals surface area contributed by atoms with Crippen molar-refractivity contribution in [2.24, 2.45) is 29.6 Å². The molecule has 0 saturated heterocycles. The molecule has 0 aromatic heterocycles. The van der Waals surface area contributed by atoms with Crippen LogP contribution in [0.3, 0.4) is 0 Å². The second-order valence-corrected chi connectivity index (χ2v) is 10.7. The van der Waals surface area contributed by atoms with Gasteiger partial charge in [-0.15, -0.1) is 0 Å². The number of carbonyl (C=O) groups excluding carboxylic acids is 2. The average Bonchev–Trinajstić information content (AvgIpc) is 2.86. The topological polar surface area (TPSA) is 72.8 Å². The summed E-state index contributed by atoms with van der Waals surface area (Å²) in [5.41, 5.74) is 0.495. The van der Waals surface area contributed by atoms with Crippen molar-refractivity contribution in [1.29, 1.82) is 0 Å². The number of hydrogen-bond acceptors (Lipinski definition) is 5. The molecule has 0 aliphatic heterocycles. The molecule has 34 heavy (non-hydrogen) atoms. The molecule has 0 aromatic carbocycles. The maximum atomic E-state index is 11.8. The van der Waals surface area contributed by atoms with Crippen molar-refractivity contribution < 1.29 is 24.2 Å². The van der Waals surface area contributed by atoms with Gasteiger partial charge in [-0.3, -0.25) is 0 Å². The van der Waals surface area contributed by atoms with Crippen LogP contribution in [0.4, 0.5) is 0 Å². The molecule has 5 nitrogen and oxygen atoms in total. The fourth-order valence-corrected chi connectivity index (χ4v) is 6.04. The molecular formula is C29H48O5. The first-order chi connectivity index (χ1) is 16.3. The van der Waals surface area contributed by atoms with Crippen molar-refractivity contribution in [3.63, 3.8) is 0 Å². The highest BCUT2D eigenvalue weighted by molar-refractivity contribution is 5.88. The minimum atomic E-state index is -0.534. The van der Waals surface area contributed by atoms with E-state index >= 15 is 0 Å². The summed E-state index contributed by atoms with van der Waals surface area (Å²) in [7, 11) is 0. The number of ether oxygens (including phenoxy) is 2. The van der Waals surface area contributed by atoms with Crippen molar-refractivity contribution in [2.45, 2.75) is 97.3 Å². The normalized spacial score (nSPS) is 25.9. The number of aliphatic hydroxyl groups excluding tert-OH is 1. The zero-order chi connectivity index (χ0) is 24.9. The minimum Gasteiger partial charge on any atom is -0.462 e. The molecule has 1 N–H and O–H groups in total. The lowest BCUT2D eigenvalue weighted by molar-refractivity contribution is -0.140. The van der Waals surface area contributed by atoms with Gasteiger partial charge in [-0.05, 0) is 87.9 Å². The fourth-order valence-electron chi connectivity index (χ4n) is 6.04. The number of carbonyl (C=O) groups is 2. The highest BCUT2D eigenvalue weighted by atomic mass is 16.5. The van der Waals surface area contributed by atoms with E-state index in [1.165, 1.54) is 70.6 Å². The maximum Gasteiger partial charge on any atom is 0.335 e. The monoisotopic (exact) mass is 476 g/mol. The van der Waals surface area contributed by atoms with Crippen LogP contribution in [0.15, 0.2) is 24.3 Å². The Kier molecular flexibility index (Phi) is 13.0. The molecule has 0 radical (unpaired) electrons. The van der Waals surface area contributed by atoms with Crippen LogP contribution >= 0.6 is 0 Å². The van der Waals surface area contributed by atoms with Gasteiger partial charge < -0.3 is 14.6 Å². The van der Waals surface area contributed by atoms with Crippen molar-refractivity contribution in [2.75, 3.05) is 19.8 Å². The van der Waals surface area contributed by atoms with Gasteiger partial charge in [-0.25, -0.2) is 9.59 Å². The zero-order valence-electron chi connectivity index (χ0n) is 21.7. The minimum absolute atomic E-state index is 0.0804. The van der Waals surface area contributed by atoms with Crippen LogP contribution in [0.5, 0.6) is 0 Å². The van der Waals surface area contributed by atoms with Gasteiger partial charge >= 0.3 is 11.9 Å². The highest BCUT2D eigenvalue weighted by Gasteiger charge is 2.33. The summed E-state index contributed by atoms with van der Waals surface area (Å²) in [4.78, 5) is 23.6. The predicted molar refractivity (Wildman–Crippen MR) is 136 cm³/mol. The van der Waals surface area contributed by atoms with Crippen LogP contribution in [0.1, 0.15) is 97.3 Å². The van der Waals surface area contributed by atoms with E-state index in [1.807, 2.05) is 0 Å². The number of esters is 2. The largest absolute Gasteiger partial charge is 0.462 e. The van der Waals surface area contributed by atoms with E-state index in [2.05, 4.69) is 20.1 Å². The van der Waals surface area contributed by atoms with E-state index in [4.69, 9.17) is 14.6 Å². The van der Waals surface area contributed by atoms with Crippen LogP contribution in [0, 0.1) is 29.6 Å². The summed E-state index contributed by atoms with van der Waals surface area (Å²) in [5, 5.41) is 9.06. The molecule has 2 saturated carbocycles. The van der Waals surface area contributed by atoms with E-state index < -0.39 is 5.97 Å². The summed E-state index contributed by atoms with van der Waals surface area (Å²) < 4.78 is 10.7. The van der Waals surface area contributed by atoms with Crippen molar-refractivity contribution >= 4 is 11.9 Å². The Morgan fingerprint density at radius 3 is 1.91 bits per heavy atom. The summed E-state index contributed by atoms with van der Waals surface area (Å²) >= 11 is 0. The van der Waals surface area contributed by atoms with Crippen LogP contribution in [0.2, 0.25) is 0 Å². The Bertz CT molecular complexity index is 653. The Labute approximate surface area is 207 Å². The first-order valence-corrected chi connectivity index (χ1v) is 13.6. The molecule has 0 bridgehead atoms. The smallest absolute Gasteiger partial charge is 0.335 e. The standard InChI is InChI=1S/C29H48O5/c1-5-6-7-23-8-10-24(11-9-23)25-12-14-26(15-13-25)27(16-18-33-28(31)21(2)3)17-19-34-29(32)22(4)20-30/h23-27,30H,2,4-20H2,1,3H3. The van der Waals surface area contributed by atoms with Crippen LogP contribution in [-0.4, -0.2) is 36.9 Å². The molecule has 194 valence electrons. The third-order valence-electron chi connectivity index (χ3n) is 8.28. The quantitative estimate of drug-likeness (QED) is 0.232. The summed E-state index contributed by atoms with van der Waals surface area (Å²) in [6.45, 7) is 11.4. The highest BCUT2D eigenvalue weighted by Crippen LogP contribution is 2.44. The number of unbranched alkanes of at least 4 members (excludes halogenated alkanes) is 1. The molecule has 5 heteroatoms. The fraction of sp³-hybridized carbons (Fsp3) is 0.793. The van der Waals surface area contributed by atoms with Gasteiger partial charge in [0.1, 0.15) is 0 Å². The molecule has 2 aliphatic rings. The average molecular weight is 477 g/mol. The molecule has 1 unspecified atom stereocenters. The van der Waals surface area contributed by atoms with Crippen molar-refractivity contribution in [3.8, 4) is 0 Å². The van der Waals surface area contributed by atoms with Gasteiger partial charge in [-0.1, -0.05) is 52.2 Å². The molecule has 0 amide bonds. The number of rotatable bonds is 14. The lowest BCUT2D eigenvalue weighted by Gasteiger charge is -2.40. The summed E-state index contributed by atoms with van der Waals surface area (Å²) in [6.07, 6.45) is 16.3. The number of aliphatic hydroxyl groups is 1. The molecule has 1 atom stereocenters. The second-order valence-electron chi connectivity index (χ2n) is 10.7. The maximum absolute atomic E-state index is 11.8. The van der Waals surface area contributed by atoms with Crippen molar-refractivity contribution in [1.82, 2.24) is 0 Å². The van der Waals surface area contributed by atoms with Crippen LogP contribution in [-0.2, 0) is 19.1 Å². The van der Waals surface area contributed by atoms with Gasteiger partial charge in [0.05, 0.1) is 25.4 Å². The van der Waals surface area contributed by atoms with Gasteiger partial charge in [0.25, 0.3) is 0 Å².